The number of rotatable bonds is 3. The second kappa shape index (κ2) is 6.63. The Morgan fingerprint density at radius 2 is 2.12 bits per heavy atom. The molecule has 0 N–H and O–H groups in total. The number of alkyl halides is 1. The van der Waals surface area contributed by atoms with Crippen LogP contribution in [0.3, 0.4) is 0 Å². The van der Waals surface area contributed by atoms with Gasteiger partial charge in [0, 0.05) is 13.1 Å². The summed E-state index contributed by atoms with van der Waals surface area (Å²) < 4.78 is 7.69. The Hall–Kier alpha value is -1.75. The van der Waals surface area contributed by atoms with E-state index in [4.69, 9.17) is 16.3 Å². The van der Waals surface area contributed by atoms with Crippen LogP contribution in [0.15, 0.2) is 24.3 Å². The van der Waals surface area contributed by atoms with Crippen LogP contribution >= 0.6 is 11.6 Å². The molecule has 1 fully saturated rings. The van der Waals surface area contributed by atoms with E-state index in [9.17, 15) is 4.79 Å². The second-order valence-electron chi connectivity index (χ2n) is 7.23. The second-order valence-corrected chi connectivity index (χ2v) is 7.50. The van der Waals surface area contributed by atoms with E-state index in [0.29, 0.717) is 12.4 Å². The number of ether oxygens (including phenoxy) is 1. The summed E-state index contributed by atoms with van der Waals surface area (Å²) in [5.41, 5.74) is 1.52. The molecule has 24 heavy (non-hydrogen) atoms. The summed E-state index contributed by atoms with van der Waals surface area (Å²) in [6, 6.07) is 8.12. The average Bonchev–Trinajstić information content (AvgIpc) is 3.11. The molecule has 0 aliphatic carbocycles. The van der Waals surface area contributed by atoms with Gasteiger partial charge in [0.15, 0.2) is 0 Å². The number of carbonyl (C=O) groups is 1. The number of hydrogen-bond donors (Lipinski definition) is 0. The van der Waals surface area contributed by atoms with E-state index in [1.807, 2.05) is 49.9 Å². The van der Waals surface area contributed by atoms with Gasteiger partial charge in [-0.25, -0.2) is 9.78 Å². The SMILES string of the molecule is CC(C)(C)OC(=O)N1CCCC1Cn1c(CCl)nc2ccccc21. The maximum absolute atomic E-state index is 12.5. The Labute approximate surface area is 147 Å². The van der Waals surface area contributed by atoms with Crippen molar-refractivity contribution in [3.05, 3.63) is 30.1 Å². The minimum Gasteiger partial charge on any atom is -0.444 e. The maximum atomic E-state index is 12.5. The minimum atomic E-state index is -0.479. The third-order valence-electron chi connectivity index (χ3n) is 4.25. The highest BCUT2D eigenvalue weighted by Gasteiger charge is 2.33. The van der Waals surface area contributed by atoms with Crippen molar-refractivity contribution >= 4 is 28.7 Å². The van der Waals surface area contributed by atoms with E-state index in [-0.39, 0.29) is 12.1 Å². The number of amides is 1. The van der Waals surface area contributed by atoms with E-state index >= 15 is 0 Å². The van der Waals surface area contributed by atoms with Crippen LogP contribution in [-0.4, -0.2) is 38.7 Å². The molecule has 0 saturated carbocycles. The third kappa shape index (κ3) is 3.51. The highest BCUT2D eigenvalue weighted by molar-refractivity contribution is 6.16. The molecule has 1 amide bonds. The molecule has 0 bridgehead atoms. The van der Waals surface area contributed by atoms with E-state index in [1.54, 1.807) is 0 Å². The van der Waals surface area contributed by atoms with Crippen LogP contribution in [-0.2, 0) is 17.2 Å². The smallest absolute Gasteiger partial charge is 0.410 e. The third-order valence-corrected chi connectivity index (χ3v) is 4.49. The molecule has 2 heterocycles. The molecule has 0 spiro atoms. The van der Waals surface area contributed by atoms with Crippen LogP contribution in [0.1, 0.15) is 39.4 Å². The molecule has 0 radical (unpaired) electrons. The first kappa shape index (κ1) is 17.1. The molecule has 1 aliphatic heterocycles. The first-order chi connectivity index (χ1) is 11.4. The number of fused-ring (bicyclic) bond motifs is 1. The fourth-order valence-corrected chi connectivity index (χ4v) is 3.43. The molecule has 6 heteroatoms. The van der Waals surface area contributed by atoms with Crippen molar-refractivity contribution in [3.8, 4) is 0 Å². The molecule has 1 saturated heterocycles. The summed E-state index contributed by atoms with van der Waals surface area (Å²) in [6.07, 6.45) is 1.72. The number of aromatic nitrogens is 2. The summed E-state index contributed by atoms with van der Waals surface area (Å²) in [6.45, 7) is 7.12. The predicted molar refractivity (Wildman–Crippen MR) is 95.3 cm³/mol. The lowest BCUT2D eigenvalue weighted by atomic mass is 10.2. The van der Waals surface area contributed by atoms with Crippen LogP contribution < -0.4 is 0 Å². The van der Waals surface area contributed by atoms with Crippen molar-refractivity contribution in [2.75, 3.05) is 6.54 Å². The maximum Gasteiger partial charge on any atom is 0.410 e. The van der Waals surface area contributed by atoms with Crippen molar-refractivity contribution in [2.24, 2.45) is 0 Å². The summed E-state index contributed by atoms with van der Waals surface area (Å²) in [7, 11) is 0. The Kier molecular flexibility index (Phi) is 4.72. The molecule has 130 valence electrons. The van der Waals surface area contributed by atoms with Gasteiger partial charge in [0.25, 0.3) is 0 Å². The van der Waals surface area contributed by atoms with Crippen LogP contribution in [0.4, 0.5) is 4.79 Å². The highest BCUT2D eigenvalue weighted by Crippen LogP contribution is 2.25. The number of benzene rings is 1. The summed E-state index contributed by atoms with van der Waals surface area (Å²) in [5.74, 6) is 1.20. The Morgan fingerprint density at radius 1 is 1.38 bits per heavy atom. The normalized spacial score (nSPS) is 18.3. The van der Waals surface area contributed by atoms with Crippen LogP contribution in [0.2, 0.25) is 0 Å². The number of para-hydroxylation sites is 2. The zero-order valence-electron chi connectivity index (χ0n) is 14.5. The molecule has 1 aromatic carbocycles. The standard InChI is InChI=1S/C18H24ClN3O2/c1-18(2,3)24-17(23)21-10-6-7-13(21)12-22-15-9-5-4-8-14(15)20-16(22)11-19/h4-5,8-9,13H,6-7,10-12H2,1-3H3. The van der Waals surface area contributed by atoms with E-state index in [0.717, 1.165) is 36.2 Å². The first-order valence-corrected chi connectivity index (χ1v) is 8.92. The Balaban J connectivity index is 1.84. The van der Waals surface area contributed by atoms with Gasteiger partial charge in [0.2, 0.25) is 0 Å². The summed E-state index contributed by atoms with van der Waals surface area (Å²) in [4.78, 5) is 18.9. The van der Waals surface area contributed by atoms with E-state index in [1.165, 1.54) is 0 Å². The number of halogens is 1. The number of likely N-dealkylation sites (tertiary alicyclic amines) is 1. The number of carbonyl (C=O) groups excluding carboxylic acids is 1. The minimum absolute atomic E-state index is 0.111. The number of imidazole rings is 1. The van der Waals surface area contributed by atoms with Crippen molar-refractivity contribution < 1.29 is 9.53 Å². The fourth-order valence-electron chi connectivity index (χ4n) is 3.23. The van der Waals surface area contributed by atoms with Gasteiger partial charge in [-0.15, -0.1) is 11.6 Å². The van der Waals surface area contributed by atoms with Crippen LogP contribution in [0.25, 0.3) is 11.0 Å². The van der Waals surface area contributed by atoms with E-state index < -0.39 is 5.60 Å². The lowest BCUT2D eigenvalue weighted by Crippen LogP contribution is -2.41. The van der Waals surface area contributed by atoms with Gasteiger partial charge in [0.05, 0.1) is 23.0 Å². The van der Waals surface area contributed by atoms with Gasteiger partial charge >= 0.3 is 6.09 Å². The fraction of sp³-hybridized carbons (Fsp3) is 0.556. The van der Waals surface area contributed by atoms with Crippen molar-refractivity contribution in [1.82, 2.24) is 14.5 Å². The monoisotopic (exact) mass is 349 g/mol. The highest BCUT2D eigenvalue weighted by atomic mass is 35.5. The molecule has 1 aliphatic rings. The average molecular weight is 350 g/mol. The lowest BCUT2D eigenvalue weighted by Gasteiger charge is -2.29. The van der Waals surface area contributed by atoms with Gasteiger partial charge in [-0.3, -0.25) is 0 Å². The molecule has 1 aromatic heterocycles. The molecular formula is C18H24ClN3O2. The van der Waals surface area contributed by atoms with Crippen LogP contribution in [0, 0.1) is 0 Å². The van der Waals surface area contributed by atoms with Crippen molar-refractivity contribution in [2.45, 2.75) is 57.7 Å². The molecule has 3 rings (SSSR count). The summed E-state index contributed by atoms with van der Waals surface area (Å²) in [5, 5.41) is 0. The van der Waals surface area contributed by atoms with Gasteiger partial charge in [-0.05, 0) is 45.7 Å². The molecule has 5 nitrogen and oxygen atoms in total. The van der Waals surface area contributed by atoms with Crippen LogP contribution in [0.5, 0.6) is 0 Å². The summed E-state index contributed by atoms with van der Waals surface area (Å²) >= 11 is 6.09. The van der Waals surface area contributed by atoms with Gasteiger partial charge in [-0.1, -0.05) is 12.1 Å². The zero-order valence-corrected chi connectivity index (χ0v) is 15.2. The molecule has 1 atom stereocenters. The van der Waals surface area contributed by atoms with Gasteiger partial charge in [-0.2, -0.15) is 0 Å². The van der Waals surface area contributed by atoms with Gasteiger partial charge < -0.3 is 14.2 Å². The predicted octanol–water partition coefficient (Wildman–Crippen LogP) is 4.17. The van der Waals surface area contributed by atoms with E-state index in [2.05, 4.69) is 9.55 Å². The first-order valence-electron chi connectivity index (χ1n) is 8.39. The van der Waals surface area contributed by atoms with Gasteiger partial charge in [0.1, 0.15) is 11.4 Å². The topological polar surface area (TPSA) is 47.4 Å². The zero-order chi connectivity index (χ0) is 17.3. The number of nitrogens with zero attached hydrogens (tertiary/aromatic N) is 3. The van der Waals surface area contributed by atoms with Crippen molar-refractivity contribution in [1.29, 1.82) is 0 Å². The molecule has 1 unspecified atom stereocenters. The lowest BCUT2D eigenvalue weighted by molar-refractivity contribution is 0.0214. The number of hydrogen-bond acceptors (Lipinski definition) is 3. The Bertz CT molecular complexity index is 735. The molecule has 2 aromatic rings. The quantitative estimate of drug-likeness (QED) is 0.781. The molecular weight excluding hydrogens is 326 g/mol. The Morgan fingerprint density at radius 3 is 2.83 bits per heavy atom. The van der Waals surface area contributed by atoms with Crippen molar-refractivity contribution in [3.63, 3.8) is 0 Å². The largest absolute Gasteiger partial charge is 0.444 e.